The molecule has 0 aliphatic carbocycles. The minimum atomic E-state index is -4.28. The van der Waals surface area contributed by atoms with E-state index in [0.717, 1.165) is 33.2 Å². The summed E-state index contributed by atoms with van der Waals surface area (Å²) in [6.45, 7) is 9.10. The SMILES string of the molecule is COC(=O)c1ccc(C2CN(CC(F)(F)F)CCC2Cc2c(C)cc(C)c3c2ccn3C(=O)OC(C)(C)C)cc1. The largest absolute Gasteiger partial charge is 0.465 e. The molecule has 2 unspecified atom stereocenters. The number of esters is 1. The van der Waals surface area contributed by atoms with Crippen molar-refractivity contribution in [3.8, 4) is 0 Å². The molecular weight excluding hydrogens is 521 g/mol. The number of aryl methyl sites for hydroxylation is 2. The first-order valence-corrected chi connectivity index (χ1v) is 13.5. The van der Waals surface area contributed by atoms with Crippen molar-refractivity contribution in [1.82, 2.24) is 9.47 Å². The first-order chi connectivity index (χ1) is 18.7. The second-order valence-corrected chi connectivity index (χ2v) is 11.7. The molecule has 1 aliphatic rings. The average molecular weight is 559 g/mol. The average Bonchev–Trinajstić information content (AvgIpc) is 3.31. The van der Waals surface area contributed by atoms with Gasteiger partial charge >= 0.3 is 18.2 Å². The predicted molar refractivity (Wildman–Crippen MR) is 148 cm³/mol. The van der Waals surface area contributed by atoms with Gasteiger partial charge in [-0.15, -0.1) is 0 Å². The van der Waals surface area contributed by atoms with E-state index >= 15 is 0 Å². The van der Waals surface area contributed by atoms with Crippen LogP contribution in [0.5, 0.6) is 0 Å². The van der Waals surface area contributed by atoms with Crippen LogP contribution >= 0.6 is 0 Å². The molecule has 2 atom stereocenters. The lowest BCUT2D eigenvalue weighted by atomic mass is 9.76. The molecule has 1 fully saturated rings. The van der Waals surface area contributed by atoms with Crippen molar-refractivity contribution >= 4 is 23.0 Å². The normalized spacial score (nSPS) is 18.6. The lowest BCUT2D eigenvalue weighted by molar-refractivity contribution is -0.149. The summed E-state index contributed by atoms with van der Waals surface area (Å²) in [6.07, 6.45) is -1.78. The number of likely N-dealkylation sites (tertiary alicyclic amines) is 1. The van der Waals surface area contributed by atoms with Crippen LogP contribution in [-0.2, 0) is 15.9 Å². The van der Waals surface area contributed by atoms with E-state index in [4.69, 9.17) is 9.47 Å². The molecule has 6 nitrogen and oxygen atoms in total. The Bertz CT molecular complexity index is 1390. The maximum Gasteiger partial charge on any atom is 0.418 e. The fourth-order valence-corrected chi connectivity index (χ4v) is 5.84. The number of ether oxygens (including phenoxy) is 2. The monoisotopic (exact) mass is 558 g/mol. The lowest BCUT2D eigenvalue weighted by Crippen LogP contribution is -2.44. The maximum absolute atomic E-state index is 13.3. The van der Waals surface area contributed by atoms with E-state index in [0.29, 0.717) is 24.9 Å². The zero-order valence-electron chi connectivity index (χ0n) is 23.9. The number of carbonyl (C=O) groups excluding carboxylic acids is 2. The summed E-state index contributed by atoms with van der Waals surface area (Å²) >= 11 is 0. The Morgan fingerprint density at radius 3 is 2.30 bits per heavy atom. The molecule has 2 aromatic carbocycles. The van der Waals surface area contributed by atoms with Crippen LogP contribution < -0.4 is 0 Å². The van der Waals surface area contributed by atoms with Crippen molar-refractivity contribution in [1.29, 1.82) is 0 Å². The highest BCUT2D eigenvalue weighted by molar-refractivity contribution is 5.94. The zero-order chi connectivity index (χ0) is 29.4. The number of rotatable bonds is 5. The molecule has 0 saturated carbocycles. The smallest absolute Gasteiger partial charge is 0.418 e. The summed E-state index contributed by atoms with van der Waals surface area (Å²) < 4.78 is 51.8. The first-order valence-electron chi connectivity index (χ1n) is 13.5. The van der Waals surface area contributed by atoms with E-state index in [1.54, 1.807) is 18.3 Å². The van der Waals surface area contributed by atoms with E-state index in [9.17, 15) is 22.8 Å². The highest BCUT2D eigenvalue weighted by Gasteiger charge is 2.37. The molecule has 3 aromatic rings. The highest BCUT2D eigenvalue weighted by Crippen LogP contribution is 2.39. The Kier molecular flexibility index (Phi) is 8.36. The number of hydrogen-bond donors (Lipinski definition) is 0. The number of fused-ring (bicyclic) bond motifs is 1. The number of aromatic nitrogens is 1. The minimum Gasteiger partial charge on any atom is -0.465 e. The molecule has 1 aromatic heterocycles. The minimum absolute atomic E-state index is 0.0583. The molecule has 40 heavy (non-hydrogen) atoms. The van der Waals surface area contributed by atoms with E-state index in [-0.39, 0.29) is 18.4 Å². The van der Waals surface area contributed by atoms with Crippen LogP contribution in [0.15, 0.2) is 42.6 Å². The summed E-state index contributed by atoms with van der Waals surface area (Å²) in [7, 11) is 1.31. The van der Waals surface area contributed by atoms with Gasteiger partial charge in [0.1, 0.15) is 5.60 Å². The van der Waals surface area contributed by atoms with E-state index in [1.165, 1.54) is 16.6 Å². The second kappa shape index (κ2) is 11.3. The lowest BCUT2D eigenvalue weighted by Gasteiger charge is -2.39. The van der Waals surface area contributed by atoms with Crippen molar-refractivity contribution in [3.63, 3.8) is 0 Å². The maximum atomic E-state index is 13.3. The van der Waals surface area contributed by atoms with Crippen LogP contribution in [0.2, 0.25) is 0 Å². The number of carbonyl (C=O) groups is 2. The molecule has 216 valence electrons. The summed E-state index contributed by atoms with van der Waals surface area (Å²) in [5, 5.41) is 0.945. The summed E-state index contributed by atoms with van der Waals surface area (Å²) in [5.74, 6) is -0.577. The predicted octanol–water partition coefficient (Wildman–Crippen LogP) is 7.04. The summed E-state index contributed by atoms with van der Waals surface area (Å²) in [6, 6.07) is 10.9. The van der Waals surface area contributed by atoms with Gasteiger partial charge in [-0.3, -0.25) is 9.47 Å². The molecule has 0 spiro atoms. The van der Waals surface area contributed by atoms with Crippen LogP contribution in [0, 0.1) is 19.8 Å². The Hall–Kier alpha value is -3.33. The van der Waals surface area contributed by atoms with Crippen LogP contribution in [0.4, 0.5) is 18.0 Å². The van der Waals surface area contributed by atoms with Gasteiger partial charge in [0.2, 0.25) is 0 Å². The van der Waals surface area contributed by atoms with E-state index in [2.05, 4.69) is 6.07 Å². The fourth-order valence-electron chi connectivity index (χ4n) is 5.84. The van der Waals surface area contributed by atoms with Gasteiger partial charge in [0.05, 0.1) is 24.7 Å². The van der Waals surface area contributed by atoms with Crippen LogP contribution in [0.1, 0.15) is 65.7 Å². The van der Waals surface area contributed by atoms with Crippen molar-refractivity contribution in [2.45, 2.75) is 65.2 Å². The van der Waals surface area contributed by atoms with Crippen LogP contribution in [-0.4, -0.2) is 60.1 Å². The van der Waals surface area contributed by atoms with Gasteiger partial charge in [-0.05, 0) is 106 Å². The number of methoxy groups -OCH3 is 1. The quantitative estimate of drug-likeness (QED) is 0.315. The standard InChI is InChI=1S/C31H37F3N2O4/c1-19-15-20(2)27-24(12-14-36(27)29(38)40-30(3,4)5)25(19)16-23-11-13-35(18-31(32,33)34)17-26(23)21-7-9-22(10-8-21)28(37)39-6/h7-10,12,14-15,23,26H,11,13,16-18H2,1-6H3. The number of piperidine rings is 1. The molecule has 2 heterocycles. The Morgan fingerprint density at radius 2 is 1.70 bits per heavy atom. The third-order valence-electron chi connectivity index (χ3n) is 7.55. The highest BCUT2D eigenvalue weighted by atomic mass is 19.4. The fraction of sp³-hybridized carbons (Fsp3) is 0.484. The molecule has 0 bridgehead atoms. The van der Waals surface area contributed by atoms with Gasteiger partial charge in [-0.2, -0.15) is 13.2 Å². The van der Waals surface area contributed by atoms with Crippen molar-refractivity contribution in [2.24, 2.45) is 5.92 Å². The topological polar surface area (TPSA) is 60.8 Å². The number of alkyl halides is 3. The van der Waals surface area contributed by atoms with Gasteiger partial charge in [-0.1, -0.05) is 18.2 Å². The van der Waals surface area contributed by atoms with Gasteiger partial charge in [0.25, 0.3) is 0 Å². The van der Waals surface area contributed by atoms with Crippen molar-refractivity contribution in [3.05, 3.63) is 70.4 Å². The zero-order valence-corrected chi connectivity index (χ0v) is 23.9. The molecule has 9 heteroatoms. The van der Waals surface area contributed by atoms with Gasteiger partial charge < -0.3 is 9.47 Å². The molecule has 1 saturated heterocycles. The number of halogens is 3. The van der Waals surface area contributed by atoms with Gasteiger partial charge in [0.15, 0.2) is 0 Å². The summed E-state index contributed by atoms with van der Waals surface area (Å²) in [4.78, 5) is 26.4. The number of nitrogens with zero attached hydrogens (tertiary/aromatic N) is 2. The van der Waals surface area contributed by atoms with Gasteiger partial charge in [-0.25, -0.2) is 9.59 Å². The Labute approximate surface area is 233 Å². The third kappa shape index (κ3) is 6.69. The number of hydrogen-bond acceptors (Lipinski definition) is 5. The van der Waals surface area contributed by atoms with E-state index < -0.39 is 30.4 Å². The van der Waals surface area contributed by atoms with Gasteiger partial charge in [0, 0.05) is 18.1 Å². The van der Waals surface area contributed by atoms with Crippen LogP contribution in [0.3, 0.4) is 0 Å². The van der Waals surface area contributed by atoms with E-state index in [1.807, 2.05) is 52.8 Å². The second-order valence-electron chi connectivity index (χ2n) is 11.7. The van der Waals surface area contributed by atoms with Crippen LogP contribution in [0.25, 0.3) is 10.9 Å². The Balaban J connectivity index is 1.70. The number of benzene rings is 2. The molecule has 4 rings (SSSR count). The molecular formula is C31H37F3N2O4. The molecule has 0 N–H and O–H groups in total. The third-order valence-corrected chi connectivity index (χ3v) is 7.55. The first kappa shape index (κ1) is 29.6. The van der Waals surface area contributed by atoms with Crippen molar-refractivity contribution in [2.75, 3.05) is 26.7 Å². The Morgan fingerprint density at radius 1 is 1.02 bits per heavy atom. The molecule has 1 aliphatic heterocycles. The summed E-state index contributed by atoms with van der Waals surface area (Å²) in [5.41, 5.74) is 4.52. The molecule has 0 radical (unpaired) electrons. The van der Waals surface area contributed by atoms with Crippen molar-refractivity contribution < 1.29 is 32.2 Å². The molecule has 0 amide bonds.